The SMILES string of the molecule is N#CCc1ccc(NC(=O)COC(=O)c2ccccc2CCc2ccccc2)cc1. The molecule has 0 aliphatic heterocycles. The topological polar surface area (TPSA) is 79.2 Å². The van der Waals surface area contributed by atoms with Crippen molar-refractivity contribution in [3.8, 4) is 6.07 Å². The average Bonchev–Trinajstić information content (AvgIpc) is 2.78. The molecular formula is C25H22N2O3. The van der Waals surface area contributed by atoms with Crippen LogP contribution < -0.4 is 5.32 Å². The molecule has 0 atom stereocenters. The van der Waals surface area contributed by atoms with Crippen LogP contribution >= 0.6 is 0 Å². The van der Waals surface area contributed by atoms with Crippen molar-refractivity contribution in [2.24, 2.45) is 0 Å². The van der Waals surface area contributed by atoms with Gasteiger partial charge in [-0.05, 0) is 47.7 Å². The van der Waals surface area contributed by atoms with Crippen molar-refractivity contribution in [1.29, 1.82) is 5.26 Å². The second-order valence-electron chi connectivity index (χ2n) is 6.80. The van der Waals surface area contributed by atoms with Gasteiger partial charge in [0.2, 0.25) is 0 Å². The van der Waals surface area contributed by atoms with E-state index in [1.54, 1.807) is 36.4 Å². The van der Waals surface area contributed by atoms with E-state index in [0.717, 1.165) is 17.5 Å². The zero-order valence-corrected chi connectivity index (χ0v) is 16.5. The number of aryl methyl sites for hydroxylation is 2. The van der Waals surface area contributed by atoms with E-state index in [4.69, 9.17) is 10.00 Å². The summed E-state index contributed by atoms with van der Waals surface area (Å²) in [6.45, 7) is -0.369. The molecule has 3 aromatic rings. The van der Waals surface area contributed by atoms with Gasteiger partial charge in [0.1, 0.15) is 0 Å². The van der Waals surface area contributed by atoms with E-state index in [-0.39, 0.29) is 6.61 Å². The summed E-state index contributed by atoms with van der Waals surface area (Å²) in [5.41, 5.74) is 4.01. The Morgan fingerprint density at radius 3 is 2.27 bits per heavy atom. The third-order valence-electron chi connectivity index (χ3n) is 4.62. The molecule has 0 fully saturated rings. The first kappa shape index (κ1) is 20.8. The molecular weight excluding hydrogens is 376 g/mol. The summed E-state index contributed by atoms with van der Waals surface area (Å²) in [6.07, 6.45) is 1.83. The lowest BCUT2D eigenvalue weighted by atomic mass is 10.00. The summed E-state index contributed by atoms with van der Waals surface area (Å²) < 4.78 is 5.22. The van der Waals surface area contributed by atoms with Crippen LogP contribution in [0, 0.1) is 11.3 Å². The molecule has 0 unspecified atom stereocenters. The first-order valence-corrected chi connectivity index (χ1v) is 9.70. The lowest BCUT2D eigenvalue weighted by molar-refractivity contribution is -0.119. The van der Waals surface area contributed by atoms with Crippen LogP contribution in [0.1, 0.15) is 27.0 Å². The predicted octanol–water partition coefficient (Wildman–Crippen LogP) is 4.33. The van der Waals surface area contributed by atoms with Crippen molar-refractivity contribution in [1.82, 2.24) is 0 Å². The van der Waals surface area contributed by atoms with E-state index in [9.17, 15) is 9.59 Å². The zero-order chi connectivity index (χ0) is 21.2. The number of nitrogens with zero attached hydrogens (tertiary/aromatic N) is 1. The number of amides is 1. The van der Waals surface area contributed by atoms with Crippen LogP contribution in [0.3, 0.4) is 0 Å². The smallest absolute Gasteiger partial charge is 0.338 e. The molecule has 150 valence electrons. The molecule has 0 heterocycles. The Morgan fingerprint density at radius 1 is 0.833 bits per heavy atom. The minimum atomic E-state index is -0.516. The average molecular weight is 398 g/mol. The fourth-order valence-corrected chi connectivity index (χ4v) is 3.06. The van der Waals surface area contributed by atoms with Crippen LogP contribution in [0.15, 0.2) is 78.9 Å². The largest absolute Gasteiger partial charge is 0.452 e. The molecule has 1 amide bonds. The van der Waals surface area contributed by atoms with Crippen molar-refractivity contribution in [2.75, 3.05) is 11.9 Å². The van der Waals surface area contributed by atoms with Gasteiger partial charge in [-0.25, -0.2) is 4.79 Å². The van der Waals surface area contributed by atoms with Gasteiger partial charge in [0.15, 0.2) is 6.61 Å². The fourth-order valence-electron chi connectivity index (χ4n) is 3.06. The van der Waals surface area contributed by atoms with E-state index in [2.05, 4.69) is 23.5 Å². The lowest BCUT2D eigenvalue weighted by Gasteiger charge is -2.10. The number of hydrogen-bond donors (Lipinski definition) is 1. The molecule has 0 aliphatic carbocycles. The van der Waals surface area contributed by atoms with E-state index < -0.39 is 11.9 Å². The minimum absolute atomic E-state index is 0.315. The number of benzene rings is 3. The molecule has 0 aromatic heterocycles. The van der Waals surface area contributed by atoms with E-state index in [1.807, 2.05) is 30.3 Å². The normalized spacial score (nSPS) is 10.1. The van der Waals surface area contributed by atoms with E-state index in [0.29, 0.717) is 24.1 Å². The molecule has 0 radical (unpaired) electrons. The van der Waals surface area contributed by atoms with Gasteiger partial charge in [0.05, 0.1) is 18.1 Å². The van der Waals surface area contributed by atoms with Gasteiger partial charge in [0.25, 0.3) is 5.91 Å². The number of carbonyl (C=O) groups excluding carboxylic acids is 2. The number of carbonyl (C=O) groups is 2. The fraction of sp³-hybridized carbons (Fsp3) is 0.160. The Morgan fingerprint density at radius 2 is 1.53 bits per heavy atom. The number of nitriles is 1. The molecule has 5 nitrogen and oxygen atoms in total. The molecule has 5 heteroatoms. The summed E-state index contributed by atoms with van der Waals surface area (Å²) in [5.74, 6) is -0.934. The maximum absolute atomic E-state index is 12.5. The summed E-state index contributed by atoms with van der Waals surface area (Å²) >= 11 is 0. The standard InChI is InChI=1S/C25H22N2O3/c26-17-16-20-11-14-22(15-12-20)27-24(28)18-30-25(29)23-9-5-4-8-21(23)13-10-19-6-2-1-3-7-19/h1-9,11-12,14-15H,10,13,16,18H2,(H,27,28). The van der Waals surface area contributed by atoms with Gasteiger partial charge in [0, 0.05) is 5.69 Å². The quantitative estimate of drug-likeness (QED) is 0.573. The number of nitrogens with one attached hydrogen (secondary N) is 1. The van der Waals surface area contributed by atoms with Gasteiger partial charge in [-0.15, -0.1) is 0 Å². The molecule has 1 N–H and O–H groups in total. The Labute approximate surface area is 175 Å². The van der Waals surface area contributed by atoms with Gasteiger partial charge in [-0.3, -0.25) is 4.79 Å². The van der Waals surface area contributed by atoms with Crippen LogP contribution in [-0.2, 0) is 28.8 Å². The van der Waals surface area contributed by atoms with Crippen LogP contribution in [0.2, 0.25) is 0 Å². The molecule has 3 aromatic carbocycles. The van der Waals surface area contributed by atoms with Crippen LogP contribution in [0.4, 0.5) is 5.69 Å². The van der Waals surface area contributed by atoms with Crippen molar-refractivity contribution in [3.63, 3.8) is 0 Å². The number of hydrogen-bond acceptors (Lipinski definition) is 4. The first-order chi connectivity index (χ1) is 14.7. The Bertz CT molecular complexity index is 1040. The van der Waals surface area contributed by atoms with Crippen LogP contribution in [0.5, 0.6) is 0 Å². The molecule has 3 rings (SSSR count). The summed E-state index contributed by atoms with van der Waals surface area (Å²) in [5, 5.41) is 11.4. The van der Waals surface area contributed by atoms with Crippen molar-refractivity contribution in [2.45, 2.75) is 19.3 Å². The number of ether oxygens (including phenoxy) is 1. The van der Waals surface area contributed by atoms with Crippen molar-refractivity contribution in [3.05, 3.63) is 101 Å². The molecule has 0 aliphatic rings. The predicted molar refractivity (Wildman–Crippen MR) is 115 cm³/mol. The van der Waals surface area contributed by atoms with Crippen LogP contribution in [0.25, 0.3) is 0 Å². The second-order valence-corrected chi connectivity index (χ2v) is 6.80. The van der Waals surface area contributed by atoms with Gasteiger partial charge in [-0.2, -0.15) is 5.26 Å². The molecule has 0 saturated heterocycles. The lowest BCUT2D eigenvalue weighted by Crippen LogP contribution is -2.21. The zero-order valence-electron chi connectivity index (χ0n) is 16.5. The molecule has 0 bridgehead atoms. The second kappa shape index (κ2) is 10.6. The monoisotopic (exact) mass is 398 g/mol. The third kappa shape index (κ3) is 6.05. The molecule has 0 saturated carbocycles. The van der Waals surface area contributed by atoms with E-state index >= 15 is 0 Å². The Kier molecular flexibility index (Phi) is 7.34. The van der Waals surface area contributed by atoms with Crippen molar-refractivity contribution >= 4 is 17.6 Å². The minimum Gasteiger partial charge on any atom is -0.452 e. The summed E-state index contributed by atoms with van der Waals surface area (Å²) in [6, 6.07) is 26.4. The van der Waals surface area contributed by atoms with Gasteiger partial charge < -0.3 is 10.1 Å². The van der Waals surface area contributed by atoms with Gasteiger partial charge in [-0.1, -0.05) is 60.7 Å². The Hall–Kier alpha value is -3.91. The first-order valence-electron chi connectivity index (χ1n) is 9.70. The number of esters is 1. The highest BCUT2D eigenvalue weighted by molar-refractivity contribution is 5.96. The summed E-state index contributed by atoms with van der Waals surface area (Å²) in [7, 11) is 0. The van der Waals surface area contributed by atoms with Gasteiger partial charge >= 0.3 is 5.97 Å². The molecule has 0 spiro atoms. The van der Waals surface area contributed by atoms with Crippen molar-refractivity contribution < 1.29 is 14.3 Å². The number of rotatable bonds is 8. The maximum atomic E-state index is 12.5. The number of anilines is 1. The maximum Gasteiger partial charge on any atom is 0.338 e. The Balaban J connectivity index is 1.54. The van der Waals surface area contributed by atoms with E-state index in [1.165, 1.54) is 5.56 Å². The summed E-state index contributed by atoms with van der Waals surface area (Å²) in [4.78, 5) is 24.6. The highest BCUT2D eigenvalue weighted by Gasteiger charge is 2.14. The highest BCUT2D eigenvalue weighted by atomic mass is 16.5. The van der Waals surface area contributed by atoms with Crippen LogP contribution in [-0.4, -0.2) is 18.5 Å². The molecule has 30 heavy (non-hydrogen) atoms. The third-order valence-corrected chi connectivity index (χ3v) is 4.62. The highest BCUT2D eigenvalue weighted by Crippen LogP contribution is 2.14.